The number of carbonyl (C=O) groups excluding carboxylic acids is 1. The minimum atomic E-state index is -1.14. The van der Waals surface area contributed by atoms with E-state index < -0.39 is 24.3 Å². The number of fused-ring (bicyclic) bond motifs is 1. The van der Waals surface area contributed by atoms with Crippen LogP contribution in [0.25, 0.3) is 11.2 Å². The van der Waals surface area contributed by atoms with Crippen LogP contribution in [0.2, 0.25) is 0 Å². The molecule has 17 heteroatoms. The van der Waals surface area contributed by atoms with E-state index in [0.29, 0.717) is 73.3 Å². The van der Waals surface area contributed by atoms with Crippen molar-refractivity contribution in [1.29, 1.82) is 0 Å². The van der Waals surface area contributed by atoms with E-state index in [1.807, 2.05) is 52.8 Å². The summed E-state index contributed by atoms with van der Waals surface area (Å²) in [5.74, 6) is 1.58. The van der Waals surface area contributed by atoms with Crippen molar-refractivity contribution in [1.82, 2.24) is 60.3 Å². The summed E-state index contributed by atoms with van der Waals surface area (Å²) in [6.45, 7) is 3.83. The van der Waals surface area contributed by atoms with Crippen LogP contribution < -0.4 is 20.9 Å². The van der Waals surface area contributed by atoms with Crippen LogP contribution in [0.4, 0.5) is 16.6 Å². The molecule has 1 saturated heterocycles. The number of anilines is 2. The molecule has 278 valence electrons. The number of urea groups is 1. The summed E-state index contributed by atoms with van der Waals surface area (Å²) in [5, 5.41) is 44.7. The number of imidazole rings is 1. The maximum atomic E-state index is 12.8. The largest absolute Gasteiger partial charge is 0.388 e. The summed E-state index contributed by atoms with van der Waals surface area (Å²) < 4.78 is 1.81. The van der Waals surface area contributed by atoms with E-state index in [-0.39, 0.29) is 24.5 Å². The number of hydrogen-bond donors (Lipinski definition) is 5. The average Bonchev–Trinajstić information content (AvgIpc) is 4.03. The van der Waals surface area contributed by atoms with Gasteiger partial charge < -0.3 is 35.6 Å². The van der Waals surface area contributed by atoms with Gasteiger partial charge in [-0.2, -0.15) is 14.8 Å². The van der Waals surface area contributed by atoms with E-state index >= 15 is 0 Å². The number of rotatable bonds is 12. The van der Waals surface area contributed by atoms with Crippen molar-refractivity contribution in [3.8, 4) is 0 Å². The standard InChI is InChI=1S/C37H42N14O3/c1-2-30-46-48-51(47-30)29-17-28(32(52)33(29)53)50-22-42-31-34(39-19-27(23-9-5-3-6-10-23)24-11-7-4-8-12-24)44-36(45-35(31)50)49-16-14-26(20-49)43-37(54)40-18-25-13-15-38-21-41-25/h3-13,15,21-22,26-29,32-33,52-53H,2,14,16-20H2,1H3,(H,39,44,45)(H2,40,43,54)/t26-,28-,29+,32+,33-/m1/s1. The number of tetrazole rings is 1. The van der Waals surface area contributed by atoms with Crippen LogP contribution >= 0.6 is 0 Å². The number of aryl methyl sites for hydroxylation is 1. The van der Waals surface area contributed by atoms with Crippen molar-refractivity contribution in [3.05, 3.63) is 108 Å². The second-order valence-corrected chi connectivity index (χ2v) is 13.6. The molecular weight excluding hydrogens is 689 g/mol. The number of benzene rings is 2. The topological polar surface area (TPSA) is 210 Å². The van der Waals surface area contributed by atoms with Crippen LogP contribution in [-0.4, -0.2) is 104 Å². The average molecular weight is 731 g/mol. The molecule has 2 amide bonds. The lowest BCUT2D eigenvalue weighted by molar-refractivity contribution is 0.00473. The normalized spacial score (nSPS) is 21.2. The molecule has 8 rings (SSSR count). The molecule has 54 heavy (non-hydrogen) atoms. The lowest BCUT2D eigenvalue weighted by Crippen LogP contribution is -2.43. The zero-order valence-corrected chi connectivity index (χ0v) is 29.7. The SMILES string of the molecule is CCc1nnn([C@H]2C[C@@H](n3cnc4c(NCC(c5ccccc5)c5ccccc5)nc(N5CC[C@@H](NC(=O)NCc6ccncn6)C5)nc43)[C@H](O)[C@@H]2O)n1. The summed E-state index contributed by atoms with van der Waals surface area (Å²) in [7, 11) is 0. The third-order valence-electron chi connectivity index (χ3n) is 10.2. The molecule has 1 aliphatic carbocycles. The highest BCUT2D eigenvalue weighted by atomic mass is 16.3. The van der Waals surface area contributed by atoms with Gasteiger partial charge in [-0.15, -0.1) is 10.2 Å². The fourth-order valence-corrected chi connectivity index (χ4v) is 7.33. The van der Waals surface area contributed by atoms with Crippen molar-refractivity contribution in [3.63, 3.8) is 0 Å². The van der Waals surface area contributed by atoms with Gasteiger partial charge >= 0.3 is 6.03 Å². The Kier molecular flexibility index (Phi) is 10.0. The molecule has 17 nitrogen and oxygen atoms in total. The zero-order valence-electron chi connectivity index (χ0n) is 29.7. The molecule has 4 aromatic heterocycles. The number of aliphatic hydroxyl groups excluding tert-OH is 2. The molecule has 5 N–H and O–H groups in total. The first-order valence-corrected chi connectivity index (χ1v) is 18.2. The van der Waals surface area contributed by atoms with Gasteiger partial charge in [0.1, 0.15) is 24.6 Å². The monoisotopic (exact) mass is 730 g/mol. The molecular formula is C37H42N14O3. The smallest absolute Gasteiger partial charge is 0.315 e. The Hall–Kier alpha value is -6.07. The van der Waals surface area contributed by atoms with Gasteiger partial charge in [0.05, 0.1) is 24.6 Å². The predicted molar refractivity (Wildman–Crippen MR) is 198 cm³/mol. The maximum Gasteiger partial charge on any atom is 0.315 e. The lowest BCUT2D eigenvalue weighted by Gasteiger charge is -2.22. The van der Waals surface area contributed by atoms with E-state index in [2.05, 4.69) is 65.6 Å². The first-order valence-electron chi connectivity index (χ1n) is 18.2. The molecule has 5 heterocycles. The van der Waals surface area contributed by atoms with Crippen LogP contribution in [-0.2, 0) is 13.0 Å². The molecule has 5 atom stereocenters. The van der Waals surface area contributed by atoms with Crippen molar-refractivity contribution < 1.29 is 15.0 Å². The van der Waals surface area contributed by atoms with Crippen molar-refractivity contribution in [2.24, 2.45) is 0 Å². The van der Waals surface area contributed by atoms with Gasteiger partial charge in [-0.3, -0.25) is 0 Å². The van der Waals surface area contributed by atoms with Gasteiger partial charge in [0.15, 0.2) is 22.8 Å². The van der Waals surface area contributed by atoms with Gasteiger partial charge in [-0.05, 0) is 35.2 Å². The minimum Gasteiger partial charge on any atom is -0.388 e. The Labute approximate surface area is 310 Å². The molecule has 1 saturated carbocycles. The minimum absolute atomic E-state index is 0.0138. The molecule has 6 aromatic rings. The first-order chi connectivity index (χ1) is 26.4. The maximum absolute atomic E-state index is 12.8. The molecule has 0 bridgehead atoms. The van der Waals surface area contributed by atoms with E-state index in [9.17, 15) is 15.0 Å². The van der Waals surface area contributed by atoms with E-state index in [4.69, 9.17) is 15.0 Å². The Bertz CT molecular complexity index is 2130. The summed E-state index contributed by atoms with van der Waals surface area (Å²) in [6, 6.07) is 20.8. The number of hydrogen-bond acceptors (Lipinski definition) is 13. The number of carbonyl (C=O) groups is 1. The lowest BCUT2D eigenvalue weighted by atomic mass is 9.91. The molecule has 0 spiro atoms. The number of nitrogens with zero attached hydrogens (tertiary/aromatic N) is 11. The highest BCUT2D eigenvalue weighted by molar-refractivity contribution is 5.84. The van der Waals surface area contributed by atoms with Gasteiger partial charge in [0.2, 0.25) is 5.95 Å². The van der Waals surface area contributed by atoms with E-state index in [1.54, 1.807) is 18.6 Å². The molecule has 2 fully saturated rings. The predicted octanol–water partition coefficient (Wildman–Crippen LogP) is 2.40. The second kappa shape index (κ2) is 15.5. The molecule has 2 aromatic carbocycles. The van der Waals surface area contributed by atoms with Crippen LogP contribution in [0.5, 0.6) is 0 Å². The highest BCUT2D eigenvalue weighted by Crippen LogP contribution is 2.40. The Morgan fingerprint density at radius 3 is 2.43 bits per heavy atom. The highest BCUT2D eigenvalue weighted by Gasteiger charge is 2.45. The first kappa shape index (κ1) is 35.0. The summed E-state index contributed by atoms with van der Waals surface area (Å²) in [6.07, 6.45) is 4.08. The molecule has 1 aliphatic heterocycles. The molecule has 2 aliphatic rings. The third kappa shape index (κ3) is 7.27. The van der Waals surface area contributed by atoms with Crippen molar-refractivity contribution in [2.75, 3.05) is 29.9 Å². The summed E-state index contributed by atoms with van der Waals surface area (Å²) in [5.41, 5.74) is 4.06. The van der Waals surface area contributed by atoms with Crippen LogP contribution in [0.1, 0.15) is 60.4 Å². The third-order valence-corrected chi connectivity index (χ3v) is 10.2. The van der Waals surface area contributed by atoms with Gasteiger partial charge in [-0.25, -0.2) is 19.7 Å². The fraction of sp³-hybridized carbons (Fsp3) is 0.378. The van der Waals surface area contributed by atoms with E-state index in [1.165, 1.54) is 11.1 Å². The second-order valence-electron chi connectivity index (χ2n) is 13.6. The number of amides is 2. The summed E-state index contributed by atoms with van der Waals surface area (Å²) >= 11 is 0. The molecule has 0 radical (unpaired) electrons. The van der Waals surface area contributed by atoms with Crippen molar-refractivity contribution >= 4 is 29.0 Å². The Balaban J connectivity index is 1.08. The van der Waals surface area contributed by atoms with E-state index in [0.717, 1.165) is 11.1 Å². The number of aromatic nitrogens is 10. The quantitative estimate of drug-likeness (QED) is 0.123. The van der Waals surface area contributed by atoms with Gasteiger partial charge in [0, 0.05) is 44.2 Å². The van der Waals surface area contributed by atoms with Gasteiger partial charge in [0.25, 0.3) is 0 Å². The van der Waals surface area contributed by atoms with Crippen LogP contribution in [0, 0.1) is 0 Å². The van der Waals surface area contributed by atoms with Gasteiger partial charge in [-0.1, -0.05) is 67.6 Å². The number of aliphatic hydroxyl groups is 2. The Morgan fingerprint density at radius 2 is 1.72 bits per heavy atom. The van der Waals surface area contributed by atoms with Crippen molar-refractivity contribution in [2.45, 2.75) is 69.0 Å². The zero-order chi connectivity index (χ0) is 37.0. The molecule has 0 unspecified atom stereocenters. The Morgan fingerprint density at radius 1 is 0.963 bits per heavy atom. The summed E-state index contributed by atoms with van der Waals surface area (Å²) in [4.78, 5) is 39.1. The fourth-order valence-electron chi connectivity index (χ4n) is 7.33. The van der Waals surface area contributed by atoms with Crippen LogP contribution in [0.15, 0.2) is 85.6 Å². The van der Waals surface area contributed by atoms with Crippen LogP contribution in [0.3, 0.4) is 0 Å². The number of nitrogens with one attached hydrogen (secondary N) is 3.